The van der Waals surface area contributed by atoms with Gasteiger partial charge in [0.1, 0.15) is 0 Å². The van der Waals surface area contributed by atoms with E-state index in [2.05, 4.69) is 15.5 Å². The lowest BCUT2D eigenvalue weighted by molar-refractivity contribution is -0.384. The van der Waals surface area contributed by atoms with Crippen molar-refractivity contribution < 1.29 is 23.8 Å². The maximum absolute atomic E-state index is 12.5. The van der Waals surface area contributed by atoms with Gasteiger partial charge in [-0.25, -0.2) is 4.79 Å². The number of aryl methyl sites for hydroxylation is 1. The van der Waals surface area contributed by atoms with Crippen molar-refractivity contribution in [1.82, 2.24) is 10.1 Å². The highest BCUT2D eigenvalue weighted by Crippen LogP contribution is 2.24. The van der Waals surface area contributed by atoms with E-state index in [0.29, 0.717) is 5.82 Å². The molecule has 10 nitrogen and oxygen atoms in total. The van der Waals surface area contributed by atoms with Crippen LogP contribution in [0.15, 0.2) is 47.0 Å². The van der Waals surface area contributed by atoms with E-state index >= 15 is 0 Å². The van der Waals surface area contributed by atoms with Gasteiger partial charge in [-0.15, -0.1) is 0 Å². The molecule has 1 amide bonds. The lowest BCUT2D eigenvalue weighted by atomic mass is 10.1. The Labute approximate surface area is 168 Å². The molecule has 0 saturated heterocycles. The monoisotopic (exact) mass is 416 g/mol. The fourth-order valence-corrected chi connectivity index (χ4v) is 2.63. The number of amides is 1. The minimum atomic E-state index is -0.716. The van der Waals surface area contributed by atoms with Gasteiger partial charge in [0, 0.05) is 12.1 Å². The predicted molar refractivity (Wildman–Crippen MR) is 101 cm³/mol. The van der Waals surface area contributed by atoms with Gasteiger partial charge in [-0.05, 0) is 25.1 Å². The molecule has 3 rings (SSSR count). The number of carbonyl (C=O) groups excluding carboxylic acids is 2. The number of esters is 1. The molecule has 148 valence electrons. The quantitative estimate of drug-likeness (QED) is 0.365. The van der Waals surface area contributed by atoms with Gasteiger partial charge < -0.3 is 14.6 Å². The van der Waals surface area contributed by atoms with Crippen LogP contribution in [0.1, 0.15) is 32.4 Å². The molecule has 0 radical (unpaired) electrons. The van der Waals surface area contributed by atoms with Crippen LogP contribution in [-0.4, -0.2) is 26.9 Å². The van der Waals surface area contributed by atoms with Crippen molar-refractivity contribution in [3.8, 4) is 0 Å². The summed E-state index contributed by atoms with van der Waals surface area (Å²) in [4.78, 5) is 39.0. The molecule has 1 aromatic heterocycles. The SMILES string of the molecule is Cc1noc(COC(=O)c2ccccc2NC(=O)c2ccc([N+](=O)[O-])cc2Cl)n1. The number of nitrogens with one attached hydrogen (secondary N) is 1. The highest BCUT2D eigenvalue weighted by Gasteiger charge is 2.19. The zero-order valence-corrected chi connectivity index (χ0v) is 15.7. The number of nitro benzene ring substituents is 1. The van der Waals surface area contributed by atoms with E-state index in [-0.39, 0.29) is 40.0 Å². The second-order valence-corrected chi connectivity index (χ2v) is 6.14. The maximum atomic E-state index is 12.5. The first kappa shape index (κ1) is 20.0. The van der Waals surface area contributed by atoms with Crippen LogP contribution in [0.25, 0.3) is 0 Å². The fourth-order valence-electron chi connectivity index (χ4n) is 2.37. The van der Waals surface area contributed by atoms with Crippen LogP contribution >= 0.6 is 11.6 Å². The first-order valence-electron chi connectivity index (χ1n) is 8.16. The average Bonchev–Trinajstić information content (AvgIpc) is 3.11. The molecule has 11 heteroatoms. The minimum Gasteiger partial charge on any atom is -0.452 e. The van der Waals surface area contributed by atoms with Gasteiger partial charge >= 0.3 is 5.97 Å². The van der Waals surface area contributed by atoms with Crippen LogP contribution in [0.5, 0.6) is 0 Å². The number of hydrogen-bond acceptors (Lipinski definition) is 8. The molecule has 1 N–H and O–H groups in total. The Hall–Kier alpha value is -3.79. The number of non-ortho nitro benzene ring substituents is 1. The summed E-state index contributed by atoms with van der Waals surface area (Å²) < 4.78 is 10.0. The largest absolute Gasteiger partial charge is 0.452 e. The van der Waals surface area contributed by atoms with Gasteiger partial charge in [-0.3, -0.25) is 14.9 Å². The van der Waals surface area contributed by atoms with E-state index in [4.69, 9.17) is 20.9 Å². The Morgan fingerprint density at radius 2 is 2.00 bits per heavy atom. The molecule has 0 spiro atoms. The number of nitrogens with zero attached hydrogens (tertiary/aromatic N) is 3. The molecule has 0 bridgehead atoms. The number of para-hydroxylation sites is 1. The first-order valence-corrected chi connectivity index (χ1v) is 8.53. The third-order valence-corrected chi connectivity index (χ3v) is 4.01. The number of nitro groups is 1. The molecule has 0 atom stereocenters. The summed E-state index contributed by atoms with van der Waals surface area (Å²) in [5, 5.41) is 16.8. The van der Waals surface area contributed by atoms with E-state index in [0.717, 1.165) is 12.1 Å². The number of rotatable bonds is 6. The summed E-state index contributed by atoms with van der Waals surface area (Å²) in [6.45, 7) is 1.40. The first-order chi connectivity index (χ1) is 13.8. The molecule has 0 unspecified atom stereocenters. The maximum Gasteiger partial charge on any atom is 0.340 e. The third-order valence-electron chi connectivity index (χ3n) is 3.70. The number of benzene rings is 2. The van der Waals surface area contributed by atoms with Crippen molar-refractivity contribution >= 4 is 34.9 Å². The molecule has 0 fully saturated rings. The van der Waals surface area contributed by atoms with Crippen LogP contribution in [-0.2, 0) is 11.3 Å². The van der Waals surface area contributed by atoms with Crippen molar-refractivity contribution in [1.29, 1.82) is 0 Å². The number of anilines is 1. The molecule has 2 aromatic carbocycles. The van der Waals surface area contributed by atoms with E-state index in [1.54, 1.807) is 19.1 Å². The molecule has 29 heavy (non-hydrogen) atoms. The van der Waals surface area contributed by atoms with Gasteiger partial charge in [0.05, 0.1) is 26.8 Å². The summed E-state index contributed by atoms with van der Waals surface area (Å²) in [6, 6.07) is 9.65. The molecule has 1 heterocycles. The highest BCUT2D eigenvalue weighted by atomic mass is 35.5. The Morgan fingerprint density at radius 1 is 1.24 bits per heavy atom. The lowest BCUT2D eigenvalue weighted by Crippen LogP contribution is -2.16. The molecular weight excluding hydrogens is 404 g/mol. The van der Waals surface area contributed by atoms with Crippen LogP contribution in [0, 0.1) is 17.0 Å². The lowest BCUT2D eigenvalue weighted by Gasteiger charge is -2.11. The molecule has 0 aliphatic carbocycles. The number of carbonyl (C=O) groups is 2. The smallest absolute Gasteiger partial charge is 0.340 e. The van der Waals surface area contributed by atoms with E-state index in [1.165, 1.54) is 18.2 Å². The molecule has 0 aliphatic rings. The van der Waals surface area contributed by atoms with E-state index in [1.807, 2.05) is 0 Å². The third kappa shape index (κ3) is 4.74. The summed E-state index contributed by atoms with van der Waals surface area (Å²) in [5.41, 5.74) is 0.0438. The Bertz CT molecular complexity index is 1100. The van der Waals surface area contributed by atoms with Gasteiger partial charge in [0.2, 0.25) is 0 Å². The van der Waals surface area contributed by atoms with Gasteiger partial charge in [0.25, 0.3) is 17.5 Å². The van der Waals surface area contributed by atoms with Crippen molar-refractivity contribution in [2.24, 2.45) is 0 Å². The van der Waals surface area contributed by atoms with E-state index < -0.39 is 16.8 Å². The molecule has 0 saturated carbocycles. The van der Waals surface area contributed by atoms with Crippen LogP contribution in [0.2, 0.25) is 5.02 Å². The van der Waals surface area contributed by atoms with Crippen LogP contribution in [0.3, 0.4) is 0 Å². The van der Waals surface area contributed by atoms with Gasteiger partial charge in [0.15, 0.2) is 12.4 Å². The van der Waals surface area contributed by atoms with Crippen molar-refractivity contribution in [2.45, 2.75) is 13.5 Å². The standard InChI is InChI=1S/C18H13ClN4O6/c1-10-20-16(29-22-10)9-28-18(25)13-4-2-3-5-15(13)21-17(24)12-7-6-11(23(26)27)8-14(12)19/h2-8H,9H2,1H3,(H,21,24). The second-order valence-electron chi connectivity index (χ2n) is 5.73. The summed E-state index contributed by atoms with van der Waals surface area (Å²) in [6.07, 6.45) is 0. The average molecular weight is 417 g/mol. The highest BCUT2D eigenvalue weighted by molar-refractivity contribution is 6.34. The predicted octanol–water partition coefficient (Wildman–Crippen LogP) is 3.55. The Morgan fingerprint density at radius 3 is 2.66 bits per heavy atom. The number of hydrogen-bond donors (Lipinski definition) is 1. The molecule has 0 aliphatic heterocycles. The summed E-state index contributed by atoms with van der Waals surface area (Å²) in [5.74, 6) is -0.817. The van der Waals surface area contributed by atoms with Crippen molar-refractivity contribution in [2.75, 3.05) is 5.32 Å². The molecule has 3 aromatic rings. The molecular formula is C18H13ClN4O6. The van der Waals surface area contributed by atoms with Gasteiger partial charge in [-0.2, -0.15) is 4.98 Å². The number of ether oxygens (including phenoxy) is 1. The number of halogens is 1. The summed E-state index contributed by atoms with van der Waals surface area (Å²) in [7, 11) is 0. The van der Waals surface area contributed by atoms with Crippen LogP contribution < -0.4 is 5.32 Å². The van der Waals surface area contributed by atoms with Gasteiger partial charge in [-0.1, -0.05) is 28.9 Å². The Kier molecular flexibility index (Phi) is 5.84. The summed E-state index contributed by atoms with van der Waals surface area (Å²) >= 11 is 5.98. The normalized spacial score (nSPS) is 10.4. The van der Waals surface area contributed by atoms with Crippen LogP contribution in [0.4, 0.5) is 11.4 Å². The fraction of sp³-hybridized carbons (Fsp3) is 0.111. The number of aromatic nitrogens is 2. The van der Waals surface area contributed by atoms with Crippen molar-refractivity contribution in [3.05, 3.63) is 80.4 Å². The second kappa shape index (κ2) is 8.48. The zero-order valence-electron chi connectivity index (χ0n) is 14.9. The topological polar surface area (TPSA) is 137 Å². The van der Waals surface area contributed by atoms with Crippen molar-refractivity contribution in [3.63, 3.8) is 0 Å². The zero-order chi connectivity index (χ0) is 21.0. The van der Waals surface area contributed by atoms with E-state index in [9.17, 15) is 19.7 Å². The minimum absolute atomic E-state index is 0.0155. The Balaban J connectivity index is 1.75.